The minimum atomic E-state index is 0.117. The molecular formula is C18H24N2O. The fraction of sp³-hybridized carbons (Fsp3) is 0.611. The molecule has 4 bridgehead atoms. The van der Waals surface area contributed by atoms with Crippen LogP contribution < -0.4 is 11.1 Å². The van der Waals surface area contributed by atoms with Gasteiger partial charge in [-0.05, 0) is 74.0 Å². The van der Waals surface area contributed by atoms with Gasteiger partial charge in [-0.3, -0.25) is 4.79 Å². The van der Waals surface area contributed by atoms with Gasteiger partial charge in [-0.15, -0.1) is 0 Å². The summed E-state index contributed by atoms with van der Waals surface area (Å²) in [6.45, 7) is 0. The van der Waals surface area contributed by atoms with Crippen LogP contribution in [0.3, 0.4) is 0 Å². The molecule has 0 aliphatic heterocycles. The summed E-state index contributed by atoms with van der Waals surface area (Å²) in [5.74, 6) is 2.76. The van der Waals surface area contributed by atoms with Crippen LogP contribution in [0.5, 0.6) is 0 Å². The van der Waals surface area contributed by atoms with Gasteiger partial charge in [0.2, 0.25) is 5.91 Å². The summed E-state index contributed by atoms with van der Waals surface area (Å²) < 4.78 is 0. The first-order valence-electron chi connectivity index (χ1n) is 8.26. The molecule has 4 aliphatic carbocycles. The largest absolute Gasteiger partial charge is 0.399 e. The maximum absolute atomic E-state index is 12.5. The van der Waals surface area contributed by atoms with Crippen LogP contribution in [0.15, 0.2) is 24.3 Å². The number of anilines is 1. The van der Waals surface area contributed by atoms with Gasteiger partial charge in [0.05, 0.1) is 6.42 Å². The molecule has 0 spiro atoms. The van der Waals surface area contributed by atoms with E-state index in [1.54, 1.807) is 0 Å². The molecule has 1 amide bonds. The number of amides is 1. The fourth-order valence-electron chi connectivity index (χ4n) is 5.49. The molecule has 0 heterocycles. The van der Waals surface area contributed by atoms with Crippen molar-refractivity contribution in [2.24, 2.45) is 17.8 Å². The average Bonchev–Trinajstić information content (AvgIpc) is 2.35. The van der Waals surface area contributed by atoms with E-state index in [1.165, 1.54) is 38.5 Å². The van der Waals surface area contributed by atoms with Gasteiger partial charge in [0, 0.05) is 11.2 Å². The normalized spacial score (nSPS) is 36.7. The molecule has 4 fully saturated rings. The second-order valence-corrected chi connectivity index (χ2v) is 7.67. The van der Waals surface area contributed by atoms with Crippen LogP contribution in [0.2, 0.25) is 0 Å². The van der Waals surface area contributed by atoms with E-state index < -0.39 is 0 Å². The number of nitrogen functional groups attached to an aromatic ring is 1. The second-order valence-electron chi connectivity index (χ2n) is 7.67. The van der Waals surface area contributed by atoms with E-state index in [0.29, 0.717) is 6.42 Å². The van der Waals surface area contributed by atoms with Gasteiger partial charge in [0.1, 0.15) is 0 Å². The van der Waals surface area contributed by atoms with Crippen LogP contribution in [0.25, 0.3) is 0 Å². The van der Waals surface area contributed by atoms with Crippen molar-refractivity contribution >= 4 is 11.6 Å². The summed E-state index contributed by atoms with van der Waals surface area (Å²) in [6, 6.07) is 7.66. The van der Waals surface area contributed by atoms with Crippen LogP contribution in [0.4, 0.5) is 5.69 Å². The number of carbonyl (C=O) groups is 1. The van der Waals surface area contributed by atoms with Gasteiger partial charge in [0.25, 0.3) is 0 Å². The van der Waals surface area contributed by atoms with Gasteiger partial charge < -0.3 is 11.1 Å². The molecular weight excluding hydrogens is 260 g/mol. The van der Waals surface area contributed by atoms with Crippen molar-refractivity contribution in [2.45, 2.75) is 50.5 Å². The van der Waals surface area contributed by atoms with Gasteiger partial charge in [-0.1, -0.05) is 12.1 Å². The lowest BCUT2D eigenvalue weighted by molar-refractivity contribution is -0.126. The minimum absolute atomic E-state index is 0.117. The molecule has 5 rings (SSSR count). The molecule has 0 radical (unpaired) electrons. The quantitative estimate of drug-likeness (QED) is 0.839. The number of carbonyl (C=O) groups excluding carboxylic acids is 1. The van der Waals surface area contributed by atoms with Crippen molar-refractivity contribution in [3.63, 3.8) is 0 Å². The second kappa shape index (κ2) is 4.75. The molecule has 3 N–H and O–H groups in total. The third kappa shape index (κ3) is 2.54. The van der Waals surface area contributed by atoms with E-state index in [-0.39, 0.29) is 11.4 Å². The van der Waals surface area contributed by atoms with Crippen molar-refractivity contribution in [2.75, 3.05) is 5.73 Å². The maximum atomic E-state index is 12.5. The van der Waals surface area contributed by atoms with Crippen LogP contribution in [-0.4, -0.2) is 11.4 Å². The maximum Gasteiger partial charge on any atom is 0.224 e. The molecule has 0 unspecified atom stereocenters. The Morgan fingerprint density at radius 3 is 2.33 bits per heavy atom. The molecule has 1 aromatic carbocycles. The van der Waals surface area contributed by atoms with Crippen molar-refractivity contribution in [1.29, 1.82) is 0 Å². The van der Waals surface area contributed by atoms with E-state index in [2.05, 4.69) is 5.32 Å². The Kier molecular flexibility index (Phi) is 2.98. The fourth-order valence-corrected chi connectivity index (χ4v) is 5.49. The Morgan fingerprint density at radius 2 is 1.76 bits per heavy atom. The highest BCUT2D eigenvalue weighted by Gasteiger charge is 2.51. The summed E-state index contributed by atoms with van der Waals surface area (Å²) in [5.41, 5.74) is 7.65. The first-order valence-corrected chi connectivity index (χ1v) is 8.26. The predicted octanol–water partition coefficient (Wildman–Crippen LogP) is 2.90. The SMILES string of the molecule is Nc1cccc(CC(=O)NC23CC4CC(CC(C4)C2)C3)c1. The van der Waals surface area contributed by atoms with Crippen LogP contribution in [0.1, 0.15) is 44.1 Å². The van der Waals surface area contributed by atoms with Crippen molar-refractivity contribution < 1.29 is 4.79 Å². The Hall–Kier alpha value is -1.51. The lowest BCUT2D eigenvalue weighted by atomic mass is 9.53. The van der Waals surface area contributed by atoms with Crippen LogP contribution in [-0.2, 0) is 11.2 Å². The first-order chi connectivity index (χ1) is 10.1. The first kappa shape index (κ1) is 13.2. The van der Waals surface area contributed by atoms with Crippen molar-refractivity contribution in [3.05, 3.63) is 29.8 Å². The lowest BCUT2D eigenvalue weighted by Crippen LogP contribution is -2.60. The molecule has 21 heavy (non-hydrogen) atoms. The smallest absolute Gasteiger partial charge is 0.224 e. The summed E-state index contributed by atoms with van der Waals surface area (Å²) in [7, 11) is 0. The monoisotopic (exact) mass is 284 g/mol. The van der Waals surface area contributed by atoms with E-state index in [9.17, 15) is 4.79 Å². The topological polar surface area (TPSA) is 55.1 Å². The molecule has 0 saturated heterocycles. The van der Waals surface area contributed by atoms with Gasteiger partial charge in [-0.2, -0.15) is 0 Å². The zero-order chi connectivity index (χ0) is 14.4. The summed E-state index contributed by atoms with van der Waals surface area (Å²) >= 11 is 0. The summed E-state index contributed by atoms with van der Waals surface area (Å²) in [4.78, 5) is 12.5. The average molecular weight is 284 g/mol. The Balaban J connectivity index is 1.45. The standard InChI is InChI=1S/C18H24N2O/c19-16-3-1-2-12(7-16)8-17(21)20-18-9-13-4-14(10-18)6-15(5-13)11-18/h1-3,7,13-15H,4-6,8-11,19H2,(H,20,21). The molecule has 112 valence electrons. The van der Waals surface area contributed by atoms with Crippen molar-refractivity contribution in [1.82, 2.24) is 5.32 Å². The van der Waals surface area contributed by atoms with Gasteiger partial charge >= 0.3 is 0 Å². The number of benzene rings is 1. The summed E-state index contributed by atoms with van der Waals surface area (Å²) in [6.07, 6.45) is 8.30. The highest BCUT2D eigenvalue weighted by molar-refractivity contribution is 5.79. The molecule has 3 nitrogen and oxygen atoms in total. The molecule has 4 saturated carbocycles. The van der Waals surface area contributed by atoms with E-state index >= 15 is 0 Å². The Bertz CT molecular complexity index is 531. The number of rotatable bonds is 3. The third-order valence-electron chi connectivity index (χ3n) is 5.76. The Morgan fingerprint density at radius 1 is 1.14 bits per heavy atom. The number of hydrogen-bond donors (Lipinski definition) is 2. The zero-order valence-electron chi connectivity index (χ0n) is 12.5. The highest BCUT2D eigenvalue weighted by atomic mass is 16.1. The molecule has 1 aromatic rings. The minimum Gasteiger partial charge on any atom is -0.399 e. The molecule has 4 aliphatic rings. The highest BCUT2D eigenvalue weighted by Crippen LogP contribution is 2.55. The predicted molar refractivity (Wildman–Crippen MR) is 83.6 cm³/mol. The Labute approximate surface area is 126 Å². The van der Waals surface area contributed by atoms with E-state index in [4.69, 9.17) is 5.73 Å². The zero-order valence-corrected chi connectivity index (χ0v) is 12.5. The van der Waals surface area contributed by atoms with E-state index in [1.807, 2.05) is 24.3 Å². The van der Waals surface area contributed by atoms with Crippen LogP contribution >= 0.6 is 0 Å². The number of hydrogen-bond acceptors (Lipinski definition) is 2. The van der Waals surface area contributed by atoms with Crippen LogP contribution in [0, 0.1) is 17.8 Å². The molecule has 0 aromatic heterocycles. The van der Waals surface area contributed by atoms with Gasteiger partial charge in [-0.25, -0.2) is 0 Å². The number of nitrogens with two attached hydrogens (primary N) is 1. The lowest BCUT2D eigenvalue weighted by Gasteiger charge is -2.56. The number of nitrogens with one attached hydrogen (secondary N) is 1. The van der Waals surface area contributed by atoms with Crippen molar-refractivity contribution in [3.8, 4) is 0 Å². The summed E-state index contributed by atoms with van der Waals surface area (Å²) in [5, 5.41) is 3.41. The van der Waals surface area contributed by atoms with E-state index in [0.717, 1.165) is 29.0 Å². The van der Waals surface area contributed by atoms with Gasteiger partial charge in [0.15, 0.2) is 0 Å². The molecule has 0 atom stereocenters. The molecule has 3 heteroatoms. The third-order valence-corrected chi connectivity index (χ3v) is 5.76.